The molecule has 0 radical (unpaired) electrons. The summed E-state index contributed by atoms with van der Waals surface area (Å²) in [4.78, 5) is 4.02. The molecule has 2 rings (SSSR count). The highest BCUT2D eigenvalue weighted by molar-refractivity contribution is 9.10. The molecule has 1 aliphatic rings. The fourth-order valence-electron chi connectivity index (χ4n) is 1.40. The van der Waals surface area contributed by atoms with Crippen molar-refractivity contribution in [2.75, 3.05) is 6.61 Å². The van der Waals surface area contributed by atoms with Gasteiger partial charge in [0.05, 0.1) is 17.5 Å². The Morgan fingerprint density at radius 2 is 2.38 bits per heavy atom. The van der Waals surface area contributed by atoms with Crippen molar-refractivity contribution in [3.63, 3.8) is 0 Å². The molecule has 1 heterocycles. The highest BCUT2D eigenvalue weighted by atomic mass is 79.9. The number of fused-ring (bicyclic) bond motifs is 1. The molecule has 0 spiro atoms. The quantitative estimate of drug-likeness (QED) is 0.568. The lowest BCUT2D eigenvalue weighted by molar-refractivity contribution is 0.357. The third-order valence-electron chi connectivity index (χ3n) is 1.96. The summed E-state index contributed by atoms with van der Waals surface area (Å²) in [6.45, 7) is 0.728. The van der Waals surface area contributed by atoms with Gasteiger partial charge in [0.15, 0.2) is 0 Å². The molecule has 0 bridgehead atoms. The number of isothiocyanates is 1. The minimum atomic E-state index is 0.728. The lowest BCUT2D eigenvalue weighted by Crippen LogP contribution is -1.85. The minimum Gasteiger partial charge on any atom is -0.493 e. The molecule has 0 N–H and O–H groups in total. The first-order valence-corrected chi connectivity index (χ1v) is 5.05. The van der Waals surface area contributed by atoms with Gasteiger partial charge in [0.25, 0.3) is 0 Å². The van der Waals surface area contributed by atoms with Crippen molar-refractivity contribution in [1.82, 2.24) is 0 Å². The smallest absolute Gasteiger partial charge is 0.124 e. The van der Waals surface area contributed by atoms with Crippen LogP contribution in [-0.4, -0.2) is 11.8 Å². The van der Waals surface area contributed by atoms with E-state index >= 15 is 0 Å². The van der Waals surface area contributed by atoms with E-state index in [9.17, 15) is 0 Å². The molecule has 0 amide bonds. The predicted molar refractivity (Wildman–Crippen MR) is 58.0 cm³/mol. The van der Waals surface area contributed by atoms with Crippen molar-refractivity contribution in [1.29, 1.82) is 0 Å². The number of ether oxygens (including phenoxy) is 1. The summed E-state index contributed by atoms with van der Waals surface area (Å²) in [5.74, 6) is 0.909. The second-order valence-electron chi connectivity index (χ2n) is 2.67. The highest BCUT2D eigenvalue weighted by Gasteiger charge is 2.17. The van der Waals surface area contributed by atoms with Crippen LogP contribution in [0.4, 0.5) is 5.69 Å². The minimum absolute atomic E-state index is 0.728. The first kappa shape index (κ1) is 8.88. The Hall–Kier alpha value is -0.700. The Bertz CT molecular complexity index is 399. The van der Waals surface area contributed by atoms with Gasteiger partial charge in [0.2, 0.25) is 0 Å². The lowest BCUT2D eigenvalue weighted by Gasteiger charge is -2.02. The summed E-state index contributed by atoms with van der Waals surface area (Å²) in [6, 6.07) is 3.85. The van der Waals surface area contributed by atoms with Crippen LogP contribution in [0.3, 0.4) is 0 Å². The van der Waals surface area contributed by atoms with Crippen molar-refractivity contribution in [2.24, 2.45) is 4.99 Å². The molecule has 0 saturated heterocycles. The van der Waals surface area contributed by atoms with E-state index in [0.29, 0.717) is 0 Å². The second kappa shape index (κ2) is 3.58. The molecular weight excluding hydrogens is 250 g/mol. The van der Waals surface area contributed by atoms with E-state index in [0.717, 1.165) is 34.5 Å². The molecule has 0 atom stereocenters. The molecule has 0 aromatic heterocycles. The molecule has 2 nitrogen and oxygen atoms in total. The molecule has 0 aliphatic carbocycles. The normalized spacial score (nSPS) is 13.0. The maximum absolute atomic E-state index is 5.40. The van der Waals surface area contributed by atoms with E-state index < -0.39 is 0 Å². The zero-order valence-electron chi connectivity index (χ0n) is 6.71. The third kappa shape index (κ3) is 1.53. The van der Waals surface area contributed by atoms with Crippen LogP contribution in [0.2, 0.25) is 0 Å². The van der Waals surface area contributed by atoms with Gasteiger partial charge in [-0.1, -0.05) is 0 Å². The fourth-order valence-corrected chi connectivity index (χ4v) is 1.95. The number of hydrogen-bond donors (Lipinski definition) is 0. The zero-order valence-corrected chi connectivity index (χ0v) is 9.11. The lowest BCUT2D eigenvalue weighted by atomic mass is 10.1. The predicted octanol–water partition coefficient (Wildman–Crippen LogP) is 3.12. The summed E-state index contributed by atoms with van der Waals surface area (Å²) in [7, 11) is 0. The van der Waals surface area contributed by atoms with E-state index in [1.54, 1.807) is 0 Å². The van der Waals surface area contributed by atoms with Crippen LogP contribution in [0.5, 0.6) is 5.75 Å². The molecule has 1 aromatic carbocycles. The average Bonchev–Trinajstić information content (AvgIpc) is 2.58. The van der Waals surface area contributed by atoms with Gasteiger partial charge in [0, 0.05) is 16.5 Å². The van der Waals surface area contributed by atoms with Crippen LogP contribution >= 0.6 is 28.1 Å². The molecule has 4 heteroatoms. The Morgan fingerprint density at radius 3 is 3.15 bits per heavy atom. The SMILES string of the molecule is S=C=Nc1c(Br)ccc2c1CCO2. The van der Waals surface area contributed by atoms with Gasteiger partial charge >= 0.3 is 0 Å². The Kier molecular flexibility index (Phi) is 2.44. The molecular formula is C9H6BrNOS. The highest BCUT2D eigenvalue weighted by Crippen LogP contribution is 2.38. The zero-order chi connectivity index (χ0) is 9.26. The molecule has 1 aromatic rings. The number of rotatable bonds is 1. The number of halogens is 1. The van der Waals surface area contributed by atoms with Crippen LogP contribution in [0.25, 0.3) is 0 Å². The summed E-state index contributed by atoms with van der Waals surface area (Å²) in [5, 5.41) is 2.38. The number of thiocarbonyl (C=S) groups is 1. The number of aliphatic imine (C=N–C) groups is 1. The second-order valence-corrected chi connectivity index (χ2v) is 3.71. The Morgan fingerprint density at radius 1 is 1.54 bits per heavy atom. The standard InChI is InChI=1S/C9H6BrNOS/c10-7-1-2-8-6(3-4-12-8)9(7)11-5-13/h1-2H,3-4H2. The average molecular weight is 256 g/mol. The molecule has 0 fully saturated rings. The van der Waals surface area contributed by atoms with Crippen LogP contribution in [0.15, 0.2) is 21.6 Å². The maximum atomic E-state index is 5.40. The molecule has 1 aliphatic heterocycles. The van der Waals surface area contributed by atoms with Gasteiger partial charge in [0.1, 0.15) is 5.75 Å². The van der Waals surface area contributed by atoms with Gasteiger partial charge in [-0.25, -0.2) is 0 Å². The van der Waals surface area contributed by atoms with Crippen molar-refractivity contribution >= 4 is 39.0 Å². The first-order chi connectivity index (χ1) is 6.33. The molecule has 0 saturated carbocycles. The van der Waals surface area contributed by atoms with E-state index in [2.05, 4.69) is 38.3 Å². The van der Waals surface area contributed by atoms with Gasteiger partial charge in [-0.15, -0.1) is 0 Å². The van der Waals surface area contributed by atoms with E-state index in [-0.39, 0.29) is 0 Å². The van der Waals surface area contributed by atoms with Gasteiger partial charge in [-0.2, -0.15) is 4.99 Å². The van der Waals surface area contributed by atoms with Gasteiger partial charge < -0.3 is 4.74 Å². The number of hydrogen-bond acceptors (Lipinski definition) is 3. The summed E-state index contributed by atoms with van der Waals surface area (Å²) >= 11 is 8.00. The third-order valence-corrected chi connectivity index (χ3v) is 2.69. The van der Waals surface area contributed by atoms with Crippen LogP contribution in [-0.2, 0) is 6.42 Å². The van der Waals surface area contributed by atoms with Crippen LogP contribution in [0.1, 0.15) is 5.56 Å². The van der Waals surface area contributed by atoms with Crippen molar-refractivity contribution in [3.8, 4) is 5.75 Å². The summed E-state index contributed by atoms with van der Waals surface area (Å²) < 4.78 is 6.34. The largest absolute Gasteiger partial charge is 0.493 e. The topological polar surface area (TPSA) is 21.6 Å². The van der Waals surface area contributed by atoms with Gasteiger partial charge in [-0.3, -0.25) is 0 Å². The molecule has 13 heavy (non-hydrogen) atoms. The van der Waals surface area contributed by atoms with Crippen molar-refractivity contribution < 1.29 is 4.74 Å². The summed E-state index contributed by atoms with van der Waals surface area (Å²) in [5.41, 5.74) is 1.97. The first-order valence-electron chi connectivity index (χ1n) is 3.85. The number of nitrogens with zero attached hydrogens (tertiary/aromatic N) is 1. The Labute approximate surface area is 89.8 Å². The fraction of sp³-hybridized carbons (Fsp3) is 0.222. The molecule has 66 valence electrons. The Balaban J connectivity index is 2.64. The van der Waals surface area contributed by atoms with Crippen LogP contribution in [0, 0.1) is 0 Å². The van der Waals surface area contributed by atoms with Crippen molar-refractivity contribution in [2.45, 2.75) is 6.42 Å². The monoisotopic (exact) mass is 255 g/mol. The maximum Gasteiger partial charge on any atom is 0.124 e. The van der Waals surface area contributed by atoms with E-state index in [1.165, 1.54) is 0 Å². The van der Waals surface area contributed by atoms with Crippen LogP contribution < -0.4 is 4.74 Å². The number of benzene rings is 1. The van der Waals surface area contributed by atoms with Crippen molar-refractivity contribution in [3.05, 3.63) is 22.2 Å². The van der Waals surface area contributed by atoms with E-state index in [1.807, 2.05) is 12.1 Å². The van der Waals surface area contributed by atoms with Gasteiger partial charge in [-0.05, 0) is 40.3 Å². The van der Waals surface area contributed by atoms with E-state index in [4.69, 9.17) is 4.74 Å². The summed E-state index contributed by atoms with van der Waals surface area (Å²) in [6.07, 6.45) is 0.893. The molecule has 0 unspecified atom stereocenters.